The first kappa shape index (κ1) is 11.9. The third kappa shape index (κ3) is 3.48. The molecular formula is C7H7BrN2O4S. The standard InChI is InChI=1S/C7H7BrN2O4S/c1-15(13,14)9-7-4-5(10(11)12)2-3-6(7)8/h2-4,9H,1H3. The van der Waals surface area contributed by atoms with Crippen molar-refractivity contribution in [3.63, 3.8) is 0 Å². The smallest absolute Gasteiger partial charge is 0.271 e. The molecule has 1 rings (SSSR count). The van der Waals surface area contributed by atoms with Crippen LogP contribution in [-0.2, 0) is 10.0 Å². The number of benzene rings is 1. The Morgan fingerprint density at radius 2 is 2.07 bits per heavy atom. The molecular weight excluding hydrogens is 288 g/mol. The van der Waals surface area contributed by atoms with Gasteiger partial charge in [0.1, 0.15) is 0 Å². The predicted molar refractivity (Wildman–Crippen MR) is 59.3 cm³/mol. The van der Waals surface area contributed by atoms with Gasteiger partial charge in [0.05, 0.1) is 16.9 Å². The molecule has 0 saturated carbocycles. The molecule has 1 aromatic rings. The van der Waals surface area contributed by atoms with Gasteiger partial charge in [0.25, 0.3) is 5.69 Å². The Hall–Kier alpha value is -1.15. The summed E-state index contributed by atoms with van der Waals surface area (Å²) in [5.74, 6) is 0. The maximum Gasteiger partial charge on any atom is 0.271 e. The van der Waals surface area contributed by atoms with Crippen molar-refractivity contribution in [2.75, 3.05) is 11.0 Å². The fourth-order valence-corrected chi connectivity index (χ4v) is 1.95. The summed E-state index contributed by atoms with van der Waals surface area (Å²) >= 11 is 3.08. The van der Waals surface area contributed by atoms with Crippen molar-refractivity contribution in [3.8, 4) is 0 Å². The molecule has 82 valence electrons. The molecule has 0 heterocycles. The highest BCUT2D eigenvalue weighted by molar-refractivity contribution is 9.10. The van der Waals surface area contributed by atoms with Crippen LogP contribution in [0.25, 0.3) is 0 Å². The highest BCUT2D eigenvalue weighted by atomic mass is 79.9. The van der Waals surface area contributed by atoms with E-state index in [0.717, 1.165) is 12.3 Å². The normalized spacial score (nSPS) is 11.1. The Morgan fingerprint density at radius 1 is 1.47 bits per heavy atom. The van der Waals surface area contributed by atoms with Crippen molar-refractivity contribution in [1.29, 1.82) is 0 Å². The maximum absolute atomic E-state index is 10.9. The lowest BCUT2D eigenvalue weighted by atomic mass is 10.3. The molecule has 1 N–H and O–H groups in total. The van der Waals surface area contributed by atoms with Crippen molar-refractivity contribution in [1.82, 2.24) is 0 Å². The van der Waals surface area contributed by atoms with E-state index in [4.69, 9.17) is 0 Å². The molecule has 6 nitrogen and oxygen atoms in total. The van der Waals surface area contributed by atoms with Crippen LogP contribution < -0.4 is 4.72 Å². The van der Waals surface area contributed by atoms with E-state index in [2.05, 4.69) is 20.7 Å². The summed E-state index contributed by atoms with van der Waals surface area (Å²) < 4.78 is 24.5. The van der Waals surface area contributed by atoms with Crippen LogP contribution in [0.1, 0.15) is 0 Å². The fraction of sp³-hybridized carbons (Fsp3) is 0.143. The highest BCUT2D eigenvalue weighted by Gasteiger charge is 2.11. The summed E-state index contributed by atoms with van der Waals surface area (Å²) in [6.45, 7) is 0. The lowest BCUT2D eigenvalue weighted by Gasteiger charge is -2.05. The SMILES string of the molecule is CS(=O)(=O)Nc1cc([N+](=O)[O-])ccc1Br. The van der Waals surface area contributed by atoms with Gasteiger partial charge in [0.15, 0.2) is 0 Å². The van der Waals surface area contributed by atoms with Gasteiger partial charge in [-0.3, -0.25) is 14.8 Å². The van der Waals surface area contributed by atoms with E-state index in [1.165, 1.54) is 12.1 Å². The van der Waals surface area contributed by atoms with Crippen LogP contribution in [0.5, 0.6) is 0 Å². The van der Waals surface area contributed by atoms with Crippen molar-refractivity contribution in [2.45, 2.75) is 0 Å². The Morgan fingerprint density at radius 3 is 2.53 bits per heavy atom. The van der Waals surface area contributed by atoms with Gasteiger partial charge in [0, 0.05) is 16.6 Å². The molecule has 0 aliphatic rings. The van der Waals surface area contributed by atoms with E-state index in [1.54, 1.807) is 0 Å². The predicted octanol–water partition coefficient (Wildman–Crippen LogP) is 1.73. The number of hydrogen-bond donors (Lipinski definition) is 1. The van der Waals surface area contributed by atoms with Gasteiger partial charge in [-0.2, -0.15) is 0 Å². The molecule has 0 unspecified atom stereocenters. The van der Waals surface area contributed by atoms with Gasteiger partial charge in [-0.05, 0) is 22.0 Å². The average Bonchev–Trinajstić information content (AvgIpc) is 2.06. The van der Waals surface area contributed by atoms with Crippen LogP contribution in [0.4, 0.5) is 11.4 Å². The third-order valence-corrected chi connectivity index (χ3v) is 2.74. The van der Waals surface area contributed by atoms with Crippen LogP contribution in [0.3, 0.4) is 0 Å². The molecule has 0 saturated heterocycles. The molecule has 0 spiro atoms. The van der Waals surface area contributed by atoms with Crippen molar-refractivity contribution < 1.29 is 13.3 Å². The zero-order valence-electron chi connectivity index (χ0n) is 7.60. The molecule has 0 atom stereocenters. The lowest BCUT2D eigenvalue weighted by Crippen LogP contribution is -2.10. The van der Waals surface area contributed by atoms with E-state index >= 15 is 0 Å². The van der Waals surface area contributed by atoms with Crippen molar-refractivity contribution in [3.05, 3.63) is 32.8 Å². The molecule has 0 radical (unpaired) electrons. The molecule has 15 heavy (non-hydrogen) atoms. The van der Waals surface area contributed by atoms with E-state index in [0.29, 0.717) is 4.47 Å². The number of nitrogens with zero attached hydrogens (tertiary/aromatic N) is 1. The summed E-state index contributed by atoms with van der Waals surface area (Å²) in [4.78, 5) is 9.85. The largest absolute Gasteiger partial charge is 0.282 e. The molecule has 8 heteroatoms. The highest BCUT2D eigenvalue weighted by Crippen LogP contribution is 2.27. The number of nitrogens with one attached hydrogen (secondary N) is 1. The van der Waals surface area contributed by atoms with Crippen molar-refractivity contribution in [2.24, 2.45) is 0 Å². The first-order chi connectivity index (χ1) is 6.79. The van der Waals surface area contributed by atoms with Gasteiger partial charge in [-0.1, -0.05) is 0 Å². The minimum Gasteiger partial charge on any atom is -0.282 e. The number of hydrogen-bond acceptors (Lipinski definition) is 4. The van der Waals surface area contributed by atoms with Crippen LogP contribution in [0.15, 0.2) is 22.7 Å². The van der Waals surface area contributed by atoms with Gasteiger partial charge in [-0.25, -0.2) is 8.42 Å². The summed E-state index contributed by atoms with van der Waals surface area (Å²) in [6, 6.07) is 3.83. The molecule has 0 amide bonds. The van der Waals surface area contributed by atoms with Gasteiger partial charge in [-0.15, -0.1) is 0 Å². The molecule has 0 aromatic heterocycles. The van der Waals surface area contributed by atoms with E-state index in [1.807, 2.05) is 0 Å². The second-order valence-electron chi connectivity index (χ2n) is 2.80. The maximum atomic E-state index is 10.9. The number of non-ortho nitro benzene ring substituents is 1. The van der Waals surface area contributed by atoms with Gasteiger partial charge < -0.3 is 0 Å². The summed E-state index contributed by atoms with van der Waals surface area (Å²) in [6.07, 6.45) is 0.971. The first-order valence-electron chi connectivity index (χ1n) is 3.71. The fourth-order valence-electron chi connectivity index (χ4n) is 0.905. The monoisotopic (exact) mass is 294 g/mol. The summed E-state index contributed by atoms with van der Waals surface area (Å²) in [5.41, 5.74) is -0.0314. The number of halogens is 1. The minimum absolute atomic E-state index is 0.145. The molecule has 0 bridgehead atoms. The van der Waals surface area contributed by atoms with Gasteiger partial charge >= 0.3 is 0 Å². The van der Waals surface area contributed by atoms with E-state index < -0.39 is 14.9 Å². The number of anilines is 1. The summed E-state index contributed by atoms with van der Waals surface area (Å²) in [7, 11) is -3.44. The second-order valence-corrected chi connectivity index (χ2v) is 5.40. The summed E-state index contributed by atoms with van der Waals surface area (Å²) in [5, 5.41) is 10.4. The number of nitro groups is 1. The van der Waals surface area contributed by atoms with Crippen molar-refractivity contribution >= 4 is 37.3 Å². The Labute approximate surface area is 94.6 Å². The van der Waals surface area contributed by atoms with Gasteiger partial charge in [0.2, 0.25) is 10.0 Å². The minimum atomic E-state index is -3.44. The van der Waals surface area contributed by atoms with Crippen LogP contribution in [0.2, 0.25) is 0 Å². The Kier molecular flexibility index (Phi) is 3.30. The number of sulfonamides is 1. The number of nitro benzene ring substituents is 1. The Bertz CT molecular complexity index is 500. The molecule has 1 aromatic carbocycles. The van der Waals surface area contributed by atoms with E-state index in [9.17, 15) is 18.5 Å². The lowest BCUT2D eigenvalue weighted by molar-refractivity contribution is -0.384. The Balaban J connectivity index is 3.17. The zero-order chi connectivity index (χ0) is 11.6. The van der Waals surface area contributed by atoms with Crippen LogP contribution in [0, 0.1) is 10.1 Å². The van der Waals surface area contributed by atoms with Crippen LogP contribution in [-0.4, -0.2) is 19.6 Å². The second kappa shape index (κ2) is 4.15. The average molecular weight is 295 g/mol. The topological polar surface area (TPSA) is 89.3 Å². The van der Waals surface area contributed by atoms with E-state index in [-0.39, 0.29) is 11.4 Å². The molecule has 0 aliphatic heterocycles. The van der Waals surface area contributed by atoms with Crippen LogP contribution >= 0.6 is 15.9 Å². The third-order valence-electron chi connectivity index (χ3n) is 1.46. The molecule has 0 aliphatic carbocycles. The first-order valence-corrected chi connectivity index (χ1v) is 6.40. The zero-order valence-corrected chi connectivity index (χ0v) is 10.0. The quantitative estimate of drug-likeness (QED) is 0.679. The molecule has 0 fully saturated rings. The number of rotatable bonds is 3.